The van der Waals surface area contributed by atoms with Gasteiger partial charge >= 0.3 is 0 Å². The summed E-state index contributed by atoms with van der Waals surface area (Å²) in [5.74, 6) is 0.553. The van der Waals surface area contributed by atoms with Crippen molar-refractivity contribution in [3.05, 3.63) is 53.9 Å². The molecule has 1 aromatic carbocycles. The first-order valence-corrected chi connectivity index (χ1v) is 8.16. The Hall–Kier alpha value is -2.15. The molecule has 0 saturated heterocycles. The minimum absolute atomic E-state index is 0.393. The fourth-order valence-corrected chi connectivity index (χ4v) is 3.87. The molecule has 22 heavy (non-hydrogen) atoms. The van der Waals surface area contributed by atoms with Gasteiger partial charge in [-0.3, -0.25) is 0 Å². The van der Waals surface area contributed by atoms with Crippen molar-refractivity contribution in [1.82, 2.24) is 25.0 Å². The molecular weight excluding hydrogens is 298 g/mol. The van der Waals surface area contributed by atoms with Crippen LogP contribution in [0.2, 0.25) is 0 Å². The molecule has 7 heteroatoms. The summed E-state index contributed by atoms with van der Waals surface area (Å²) in [5, 5.41) is 13.3. The molecule has 3 aromatic rings. The van der Waals surface area contributed by atoms with Gasteiger partial charge in [-0.05, 0) is 30.4 Å². The van der Waals surface area contributed by atoms with Gasteiger partial charge in [-0.15, -0.1) is 10.2 Å². The average molecular weight is 313 g/mol. The van der Waals surface area contributed by atoms with Gasteiger partial charge in [-0.25, -0.2) is 9.67 Å². The molecule has 4 rings (SSSR count). The fourth-order valence-electron chi connectivity index (χ4n) is 2.76. The molecule has 112 valence electrons. The van der Waals surface area contributed by atoms with Gasteiger partial charge in [0.15, 0.2) is 0 Å². The molecule has 0 bridgehead atoms. The van der Waals surface area contributed by atoms with Gasteiger partial charge in [-0.1, -0.05) is 36.0 Å². The predicted octanol–water partition coefficient (Wildman–Crippen LogP) is 2.88. The molecule has 0 spiro atoms. The van der Waals surface area contributed by atoms with E-state index in [2.05, 4.69) is 44.5 Å². The van der Waals surface area contributed by atoms with E-state index in [1.54, 1.807) is 22.8 Å². The largest absolute Gasteiger partial charge is 0.414 e. The zero-order valence-corrected chi connectivity index (χ0v) is 12.7. The standard InChI is InChI=1S/C15H15N5OS/c1-2-6-12-11(4-1)5-3-7-13(12)22-15-19-18-14(21-15)8-20-10-16-9-17-20/h1-2,4,6,9-10,13H,3,5,7-8H2. The van der Waals surface area contributed by atoms with Gasteiger partial charge in [0.1, 0.15) is 19.2 Å². The highest BCUT2D eigenvalue weighted by Crippen LogP contribution is 2.42. The number of fused-ring (bicyclic) bond motifs is 1. The van der Waals surface area contributed by atoms with E-state index in [4.69, 9.17) is 4.42 Å². The third kappa shape index (κ3) is 2.76. The van der Waals surface area contributed by atoms with Crippen LogP contribution >= 0.6 is 11.8 Å². The second kappa shape index (κ2) is 5.92. The van der Waals surface area contributed by atoms with Gasteiger partial charge in [0.05, 0.1) is 0 Å². The van der Waals surface area contributed by atoms with Crippen molar-refractivity contribution < 1.29 is 4.42 Å². The summed E-state index contributed by atoms with van der Waals surface area (Å²) >= 11 is 1.66. The first kappa shape index (κ1) is 13.5. The Kier molecular flexibility index (Phi) is 3.64. The molecule has 6 nitrogen and oxygen atoms in total. The summed E-state index contributed by atoms with van der Waals surface area (Å²) in [4.78, 5) is 3.90. The minimum Gasteiger partial charge on any atom is -0.414 e. The topological polar surface area (TPSA) is 69.6 Å². The van der Waals surface area contributed by atoms with E-state index in [9.17, 15) is 0 Å². The van der Waals surface area contributed by atoms with Crippen LogP contribution in [0.3, 0.4) is 0 Å². The maximum Gasteiger partial charge on any atom is 0.277 e. The first-order chi connectivity index (χ1) is 10.9. The van der Waals surface area contributed by atoms with Crippen molar-refractivity contribution in [1.29, 1.82) is 0 Å². The van der Waals surface area contributed by atoms with Crippen molar-refractivity contribution in [2.45, 2.75) is 36.3 Å². The third-order valence-corrected chi connectivity index (χ3v) is 4.91. The molecule has 0 fully saturated rings. The molecule has 1 atom stereocenters. The van der Waals surface area contributed by atoms with Crippen molar-refractivity contribution >= 4 is 11.8 Å². The molecule has 1 aliphatic rings. The quantitative estimate of drug-likeness (QED) is 0.737. The summed E-state index contributed by atoms with van der Waals surface area (Å²) in [5.41, 5.74) is 2.84. The molecule has 1 aliphatic carbocycles. The number of aromatic nitrogens is 5. The van der Waals surface area contributed by atoms with Crippen LogP contribution in [0.4, 0.5) is 0 Å². The monoisotopic (exact) mass is 313 g/mol. The Morgan fingerprint density at radius 3 is 3.14 bits per heavy atom. The Morgan fingerprint density at radius 1 is 1.27 bits per heavy atom. The van der Waals surface area contributed by atoms with Crippen molar-refractivity contribution in [3.63, 3.8) is 0 Å². The maximum atomic E-state index is 5.73. The van der Waals surface area contributed by atoms with Crippen LogP contribution < -0.4 is 0 Å². The van der Waals surface area contributed by atoms with E-state index in [1.807, 2.05) is 0 Å². The lowest BCUT2D eigenvalue weighted by molar-refractivity contribution is 0.396. The Bertz CT molecular complexity index is 755. The molecule has 1 unspecified atom stereocenters. The Balaban J connectivity index is 1.49. The van der Waals surface area contributed by atoms with Crippen LogP contribution in [0, 0.1) is 0 Å². The van der Waals surface area contributed by atoms with Crippen molar-refractivity contribution in [3.8, 4) is 0 Å². The lowest BCUT2D eigenvalue weighted by Crippen LogP contribution is -2.06. The van der Waals surface area contributed by atoms with Crippen LogP contribution in [-0.2, 0) is 13.0 Å². The highest BCUT2D eigenvalue weighted by atomic mass is 32.2. The number of aryl methyl sites for hydroxylation is 1. The van der Waals surface area contributed by atoms with Crippen LogP contribution in [0.5, 0.6) is 0 Å². The molecule has 2 aromatic heterocycles. The van der Waals surface area contributed by atoms with E-state index in [0.717, 1.165) is 12.8 Å². The van der Waals surface area contributed by atoms with Gasteiger partial charge in [0, 0.05) is 5.25 Å². The highest BCUT2D eigenvalue weighted by Gasteiger charge is 2.23. The number of benzene rings is 1. The summed E-state index contributed by atoms with van der Waals surface area (Å²) in [6.07, 6.45) is 6.63. The van der Waals surface area contributed by atoms with Crippen molar-refractivity contribution in [2.24, 2.45) is 0 Å². The third-order valence-electron chi connectivity index (χ3n) is 3.77. The minimum atomic E-state index is 0.393. The van der Waals surface area contributed by atoms with Crippen molar-refractivity contribution in [2.75, 3.05) is 0 Å². The second-order valence-electron chi connectivity index (χ2n) is 5.25. The van der Waals surface area contributed by atoms with Gasteiger partial charge in [-0.2, -0.15) is 5.10 Å². The predicted molar refractivity (Wildman–Crippen MR) is 81.4 cm³/mol. The Morgan fingerprint density at radius 2 is 2.23 bits per heavy atom. The number of thioether (sulfide) groups is 1. The summed E-state index contributed by atoms with van der Waals surface area (Å²) in [6, 6.07) is 8.63. The Labute approximate surface area is 132 Å². The molecule has 0 amide bonds. The van der Waals surface area contributed by atoms with Gasteiger partial charge < -0.3 is 4.42 Å². The maximum absolute atomic E-state index is 5.73. The first-order valence-electron chi connectivity index (χ1n) is 7.28. The highest BCUT2D eigenvalue weighted by molar-refractivity contribution is 7.99. The molecular formula is C15H15N5OS. The number of hydrogen-bond donors (Lipinski definition) is 0. The van der Waals surface area contributed by atoms with E-state index >= 15 is 0 Å². The van der Waals surface area contributed by atoms with E-state index < -0.39 is 0 Å². The number of rotatable bonds is 4. The molecule has 0 radical (unpaired) electrons. The van der Waals surface area contributed by atoms with E-state index in [0.29, 0.717) is 22.9 Å². The number of nitrogens with zero attached hydrogens (tertiary/aromatic N) is 5. The van der Waals surface area contributed by atoms with Crippen LogP contribution in [0.15, 0.2) is 46.6 Å². The SMILES string of the molecule is c1ccc2c(c1)CCCC2Sc1nnc(Cn2cncn2)o1. The molecule has 0 aliphatic heterocycles. The van der Waals surface area contributed by atoms with E-state index in [-0.39, 0.29) is 0 Å². The molecule has 0 N–H and O–H groups in total. The van der Waals surface area contributed by atoms with Crippen LogP contribution in [-0.4, -0.2) is 25.0 Å². The second-order valence-corrected chi connectivity index (χ2v) is 6.41. The molecule has 2 heterocycles. The lowest BCUT2D eigenvalue weighted by atomic mass is 9.91. The summed E-state index contributed by atoms with van der Waals surface area (Å²) < 4.78 is 7.39. The van der Waals surface area contributed by atoms with Crippen LogP contribution in [0.1, 0.15) is 35.1 Å². The van der Waals surface area contributed by atoms with Gasteiger partial charge in [0.25, 0.3) is 5.22 Å². The fraction of sp³-hybridized carbons (Fsp3) is 0.333. The smallest absolute Gasteiger partial charge is 0.277 e. The summed E-state index contributed by atoms with van der Waals surface area (Å²) in [7, 11) is 0. The van der Waals surface area contributed by atoms with E-state index in [1.165, 1.54) is 23.9 Å². The normalized spacial score (nSPS) is 17.4. The zero-order valence-electron chi connectivity index (χ0n) is 11.9. The van der Waals surface area contributed by atoms with Gasteiger partial charge in [0.2, 0.25) is 5.89 Å². The zero-order chi connectivity index (χ0) is 14.8. The summed E-state index contributed by atoms with van der Waals surface area (Å²) in [6.45, 7) is 0.453. The molecule has 0 saturated carbocycles. The average Bonchev–Trinajstić information content (AvgIpc) is 3.20. The van der Waals surface area contributed by atoms with Crippen LogP contribution in [0.25, 0.3) is 0 Å². The lowest BCUT2D eigenvalue weighted by Gasteiger charge is -2.23. The number of hydrogen-bond acceptors (Lipinski definition) is 6.